The van der Waals surface area contributed by atoms with Gasteiger partial charge in [-0.15, -0.1) is 11.3 Å². The van der Waals surface area contributed by atoms with Crippen molar-refractivity contribution in [2.75, 3.05) is 13.7 Å². The van der Waals surface area contributed by atoms with Crippen LogP contribution in [0.3, 0.4) is 0 Å². The molecule has 0 aliphatic heterocycles. The molecule has 0 spiro atoms. The van der Waals surface area contributed by atoms with Crippen molar-refractivity contribution >= 4 is 17.3 Å². The lowest BCUT2D eigenvalue weighted by Gasteiger charge is -2.03. The average Bonchev–Trinajstić information content (AvgIpc) is 2.99. The third-order valence-corrected chi connectivity index (χ3v) is 4.66. The molecule has 1 N–H and O–H groups in total. The van der Waals surface area contributed by atoms with E-state index in [1.165, 1.54) is 31.2 Å². The molecule has 1 aliphatic rings. The van der Waals surface area contributed by atoms with Crippen molar-refractivity contribution in [3.8, 4) is 0 Å². The number of methoxy groups -OCH3 is 1. The smallest absolute Gasteiger partial charge is 0.333 e. The van der Waals surface area contributed by atoms with Gasteiger partial charge in [0.25, 0.3) is 0 Å². The quantitative estimate of drug-likeness (QED) is 0.494. The molecule has 0 aromatic carbocycles. The Kier molecular flexibility index (Phi) is 5.16. The number of hydrogen-bond donors (Lipinski definition) is 1. The summed E-state index contributed by atoms with van der Waals surface area (Å²) in [6.45, 7) is 3.56. The van der Waals surface area contributed by atoms with Crippen molar-refractivity contribution < 1.29 is 9.53 Å². The summed E-state index contributed by atoms with van der Waals surface area (Å²) in [5.41, 5.74) is 2.28. The third-order valence-electron chi connectivity index (χ3n) is 3.42. The molecule has 0 saturated heterocycles. The van der Waals surface area contributed by atoms with Crippen LogP contribution >= 0.6 is 11.3 Å². The zero-order chi connectivity index (χ0) is 13.7. The Bertz CT molecular complexity index is 455. The molecule has 1 heterocycles. The highest BCUT2D eigenvalue weighted by molar-refractivity contribution is 7.12. The van der Waals surface area contributed by atoms with Crippen LogP contribution in [-0.2, 0) is 28.9 Å². The van der Waals surface area contributed by atoms with Crippen molar-refractivity contribution in [2.24, 2.45) is 0 Å². The average molecular weight is 279 g/mol. The van der Waals surface area contributed by atoms with Crippen LogP contribution in [0.4, 0.5) is 0 Å². The highest BCUT2D eigenvalue weighted by atomic mass is 32.1. The molecular weight excluding hydrogens is 258 g/mol. The number of aryl methyl sites for hydroxylation is 2. The minimum absolute atomic E-state index is 0.223. The van der Waals surface area contributed by atoms with Crippen molar-refractivity contribution in [3.63, 3.8) is 0 Å². The molecule has 3 nitrogen and oxygen atoms in total. The summed E-state index contributed by atoms with van der Waals surface area (Å²) in [6.07, 6.45) is 6.45. The van der Waals surface area contributed by atoms with E-state index in [0.717, 1.165) is 12.1 Å². The summed E-state index contributed by atoms with van der Waals surface area (Å²) in [6, 6.07) is 2.32. The van der Waals surface area contributed by atoms with E-state index in [2.05, 4.69) is 11.4 Å². The van der Waals surface area contributed by atoms with Crippen LogP contribution in [0.5, 0.6) is 0 Å². The van der Waals surface area contributed by atoms with E-state index < -0.39 is 0 Å². The summed E-state index contributed by atoms with van der Waals surface area (Å²) < 4.78 is 4.73. The fourth-order valence-corrected chi connectivity index (χ4v) is 3.60. The van der Waals surface area contributed by atoms with E-state index in [1.807, 2.05) is 24.3 Å². The van der Waals surface area contributed by atoms with Gasteiger partial charge in [0, 0.05) is 28.4 Å². The van der Waals surface area contributed by atoms with Crippen LogP contribution in [-0.4, -0.2) is 19.6 Å². The number of ether oxygens (including phenoxy) is 1. The second-order valence-corrected chi connectivity index (χ2v) is 5.94. The standard InChI is InChI=1S/C15H21NO2S/c1-3-11(15(17)18-2)7-8-16-10-13-9-12-5-4-6-14(12)19-13/h7,9,16H,3-6,8,10H2,1-2H3. The van der Waals surface area contributed by atoms with Crippen molar-refractivity contribution in [3.05, 3.63) is 33.0 Å². The maximum atomic E-state index is 11.4. The van der Waals surface area contributed by atoms with Crippen molar-refractivity contribution in [1.29, 1.82) is 0 Å². The maximum Gasteiger partial charge on any atom is 0.333 e. The van der Waals surface area contributed by atoms with E-state index in [4.69, 9.17) is 4.74 Å². The highest BCUT2D eigenvalue weighted by Crippen LogP contribution is 2.30. The number of carbonyl (C=O) groups is 1. The molecular formula is C15H21NO2S. The molecule has 0 amide bonds. The molecule has 1 aliphatic carbocycles. The molecule has 19 heavy (non-hydrogen) atoms. The molecule has 104 valence electrons. The van der Waals surface area contributed by atoms with Gasteiger partial charge < -0.3 is 10.1 Å². The molecule has 0 radical (unpaired) electrons. The maximum absolute atomic E-state index is 11.4. The van der Waals surface area contributed by atoms with Gasteiger partial charge in [-0.1, -0.05) is 13.0 Å². The Labute approximate surface area is 118 Å². The van der Waals surface area contributed by atoms with Gasteiger partial charge in [-0.25, -0.2) is 4.79 Å². The molecule has 1 aromatic heterocycles. The minimum Gasteiger partial charge on any atom is -0.466 e. The van der Waals surface area contributed by atoms with Gasteiger partial charge in [0.05, 0.1) is 7.11 Å². The van der Waals surface area contributed by atoms with Crippen LogP contribution in [0.1, 0.15) is 35.1 Å². The Morgan fingerprint density at radius 1 is 1.53 bits per heavy atom. The van der Waals surface area contributed by atoms with Gasteiger partial charge in [-0.05, 0) is 37.3 Å². The lowest BCUT2D eigenvalue weighted by Crippen LogP contribution is -2.14. The van der Waals surface area contributed by atoms with Gasteiger partial charge in [-0.2, -0.15) is 0 Å². The topological polar surface area (TPSA) is 38.3 Å². The van der Waals surface area contributed by atoms with Crippen LogP contribution in [0.15, 0.2) is 17.7 Å². The Balaban J connectivity index is 1.79. The molecule has 0 fully saturated rings. The second kappa shape index (κ2) is 6.87. The number of carbonyl (C=O) groups excluding carboxylic acids is 1. The summed E-state index contributed by atoms with van der Waals surface area (Å²) in [5.74, 6) is -0.223. The normalized spacial score (nSPS) is 14.5. The molecule has 0 atom stereocenters. The summed E-state index contributed by atoms with van der Waals surface area (Å²) in [5, 5.41) is 3.36. The molecule has 0 bridgehead atoms. The predicted molar refractivity (Wildman–Crippen MR) is 78.4 cm³/mol. The highest BCUT2D eigenvalue weighted by Gasteiger charge is 2.14. The zero-order valence-electron chi connectivity index (χ0n) is 11.6. The lowest BCUT2D eigenvalue weighted by molar-refractivity contribution is -0.136. The summed E-state index contributed by atoms with van der Waals surface area (Å²) in [4.78, 5) is 14.3. The van der Waals surface area contributed by atoms with Gasteiger partial charge >= 0.3 is 5.97 Å². The first-order chi connectivity index (χ1) is 9.24. The third kappa shape index (κ3) is 3.67. The minimum atomic E-state index is -0.223. The zero-order valence-corrected chi connectivity index (χ0v) is 12.4. The van der Waals surface area contributed by atoms with Crippen molar-refractivity contribution in [1.82, 2.24) is 5.32 Å². The van der Waals surface area contributed by atoms with E-state index in [0.29, 0.717) is 13.0 Å². The van der Waals surface area contributed by atoms with Crippen LogP contribution in [0.25, 0.3) is 0 Å². The van der Waals surface area contributed by atoms with Gasteiger partial charge in [0.1, 0.15) is 0 Å². The predicted octanol–water partition coefficient (Wildman–Crippen LogP) is 2.84. The number of rotatable bonds is 6. The Hall–Kier alpha value is -1.13. The number of hydrogen-bond acceptors (Lipinski definition) is 4. The monoisotopic (exact) mass is 279 g/mol. The molecule has 1 aromatic rings. The summed E-state index contributed by atoms with van der Waals surface area (Å²) >= 11 is 1.92. The Morgan fingerprint density at radius 3 is 3.05 bits per heavy atom. The SMILES string of the molecule is CCC(=CCNCc1cc2c(s1)CCC2)C(=O)OC. The first-order valence-electron chi connectivity index (χ1n) is 6.83. The number of nitrogens with one attached hydrogen (secondary N) is 1. The van der Waals surface area contributed by atoms with Gasteiger partial charge in [-0.3, -0.25) is 0 Å². The second-order valence-electron chi connectivity index (χ2n) is 4.72. The van der Waals surface area contributed by atoms with Crippen LogP contribution < -0.4 is 5.32 Å². The van der Waals surface area contributed by atoms with Crippen LogP contribution in [0.2, 0.25) is 0 Å². The lowest BCUT2D eigenvalue weighted by atomic mass is 10.2. The Morgan fingerprint density at radius 2 is 2.37 bits per heavy atom. The van der Waals surface area contributed by atoms with E-state index in [-0.39, 0.29) is 5.97 Å². The largest absolute Gasteiger partial charge is 0.466 e. The fraction of sp³-hybridized carbons (Fsp3) is 0.533. The van der Waals surface area contributed by atoms with E-state index in [1.54, 1.807) is 10.4 Å². The van der Waals surface area contributed by atoms with Gasteiger partial charge in [0.2, 0.25) is 0 Å². The van der Waals surface area contributed by atoms with E-state index in [9.17, 15) is 4.79 Å². The molecule has 4 heteroatoms. The number of fused-ring (bicyclic) bond motifs is 1. The number of esters is 1. The first kappa shape index (κ1) is 14.3. The summed E-state index contributed by atoms with van der Waals surface area (Å²) in [7, 11) is 1.42. The van der Waals surface area contributed by atoms with Crippen LogP contribution in [0, 0.1) is 0 Å². The molecule has 0 unspecified atom stereocenters. The molecule has 0 saturated carbocycles. The van der Waals surface area contributed by atoms with E-state index >= 15 is 0 Å². The first-order valence-corrected chi connectivity index (χ1v) is 7.64. The molecule has 2 rings (SSSR count). The number of thiophene rings is 1. The van der Waals surface area contributed by atoms with Gasteiger partial charge in [0.15, 0.2) is 0 Å². The fourth-order valence-electron chi connectivity index (χ4n) is 2.37. The van der Waals surface area contributed by atoms with Crippen molar-refractivity contribution in [2.45, 2.75) is 39.2 Å².